The predicted molar refractivity (Wildman–Crippen MR) is 86.9 cm³/mol. The Morgan fingerprint density at radius 3 is 2.62 bits per heavy atom. The zero-order chi connectivity index (χ0) is 15.0. The fourth-order valence-corrected chi connectivity index (χ4v) is 2.40. The number of fused-ring (bicyclic) bond motifs is 1. The largest absolute Gasteiger partial charge is 0.372 e. The van der Waals surface area contributed by atoms with Gasteiger partial charge in [0.05, 0.1) is 11.1 Å². The molecule has 0 saturated carbocycles. The van der Waals surface area contributed by atoms with E-state index in [1.807, 2.05) is 37.3 Å². The normalized spacial score (nSPS) is 10.8. The van der Waals surface area contributed by atoms with Crippen LogP contribution in [0.2, 0.25) is 0 Å². The summed E-state index contributed by atoms with van der Waals surface area (Å²) in [4.78, 5) is 12.9. The summed E-state index contributed by atoms with van der Waals surface area (Å²) in [6.45, 7) is 2.00. The van der Waals surface area contributed by atoms with E-state index in [1.165, 1.54) is 0 Å². The second kappa shape index (κ2) is 5.05. The summed E-state index contributed by atoms with van der Waals surface area (Å²) in [5, 5.41) is 3.82. The quantitative estimate of drug-likeness (QED) is 0.692. The minimum absolute atomic E-state index is 0.189. The Morgan fingerprint density at radius 2 is 1.90 bits per heavy atom. The minimum Gasteiger partial charge on any atom is -0.372 e. The summed E-state index contributed by atoms with van der Waals surface area (Å²) in [5.41, 5.74) is 9.72. The molecule has 1 aromatic carbocycles. The third kappa shape index (κ3) is 2.29. The number of hydrogen-bond donors (Lipinski definition) is 2. The van der Waals surface area contributed by atoms with Gasteiger partial charge in [0, 0.05) is 7.05 Å². The van der Waals surface area contributed by atoms with Crippen LogP contribution in [0.1, 0.15) is 5.56 Å². The lowest BCUT2D eigenvalue weighted by molar-refractivity contribution is 1.19. The van der Waals surface area contributed by atoms with Gasteiger partial charge in [-0.05, 0) is 30.2 Å². The molecule has 6 heteroatoms. The Bertz CT molecular complexity index is 811. The summed E-state index contributed by atoms with van der Waals surface area (Å²) in [7, 11) is 7.86. The molecule has 0 spiro atoms. The molecular weight excluding hydrogens is 261 g/mol. The van der Waals surface area contributed by atoms with E-state index in [4.69, 9.17) is 13.6 Å². The van der Waals surface area contributed by atoms with Crippen LogP contribution in [0.5, 0.6) is 0 Å². The first-order valence-electron chi connectivity index (χ1n) is 6.57. The molecular formula is C15H14BN5. The van der Waals surface area contributed by atoms with E-state index < -0.39 is 0 Å². The smallest absolute Gasteiger partial charge is 0.224 e. The fraction of sp³-hybridized carbons (Fsp3) is 0.133. The first-order chi connectivity index (χ1) is 10.1. The van der Waals surface area contributed by atoms with E-state index in [1.54, 1.807) is 7.05 Å². The van der Waals surface area contributed by atoms with Crippen LogP contribution in [0.15, 0.2) is 30.3 Å². The van der Waals surface area contributed by atoms with Crippen molar-refractivity contribution in [3.8, 4) is 11.3 Å². The van der Waals surface area contributed by atoms with Crippen molar-refractivity contribution in [3.63, 3.8) is 0 Å². The highest BCUT2D eigenvalue weighted by atomic mass is 15.1. The number of rotatable bonds is 2. The summed E-state index contributed by atoms with van der Waals surface area (Å²) >= 11 is 0. The number of nitrogens with two attached hydrogens (primary N) is 1. The first-order valence-corrected chi connectivity index (χ1v) is 6.57. The summed E-state index contributed by atoms with van der Waals surface area (Å²) in [6, 6.07) is 9.64. The fourth-order valence-electron chi connectivity index (χ4n) is 2.40. The topological polar surface area (TPSA) is 76.7 Å². The average molecular weight is 275 g/mol. The van der Waals surface area contributed by atoms with Gasteiger partial charge in [0.2, 0.25) is 5.95 Å². The number of pyridine rings is 1. The number of nitrogen functional groups attached to an aromatic ring is 1. The number of nitrogens with zero attached hydrogens (tertiary/aromatic N) is 3. The van der Waals surface area contributed by atoms with Gasteiger partial charge in [0.1, 0.15) is 13.7 Å². The van der Waals surface area contributed by atoms with Gasteiger partial charge >= 0.3 is 0 Å². The second-order valence-electron chi connectivity index (χ2n) is 4.79. The van der Waals surface area contributed by atoms with E-state index >= 15 is 0 Å². The van der Waals surface area contributed by atoms with Crippen LogP contribution in [0, 0.1) is 6.92 Å². The lowest BCUT2D eigenvalue weighted by Crippen LogP contribution is -2.09. The molecule has 0 aliphatic heterocycles. The molecule has 102 valence electrons. The van der Waals surface area contributed by atoms with Crippen LogP contribution in [0.4, 0.5) is 11.8 Å². The van der Waals surface area contributed by atoms with Crippen LogP contribution in [0.25, 0.3) is 22.3 Å². The maximum absolute atomic E-state index is 6.07. The monoisotopic (exact) mass is 275 g/mol. The molecule has 3 rings (SSSR count). The zero-order valence-corrected chi connectivity index (χ0v) is 11.9. The SMILES string of the molecule is [B]c1cccc(C)c1-c1ccc2c(NC)nc(N)nc2n1. The molecule has 5 nitrogen and oxygen atoms in total. The van der Waals surface area contributed by atoms with Crippen molar-refractivity contribution in [2.75, 3.05) is 18.1 Å². The molecule has 2 radical (unpaired) electrons. The highest BCUT2D eigenvalue weighted by molar-refractivity contribution is 6.36. The molecule has 3 aromatic rings. The van der Waals surface area contributed by atoms with Gasteiger partial charge in [-0.2, -0.15) is 9.97 Å². The van der Waals surface area contributed by atoms with Crippen molar-refractivity contribution in [1.82, 2.24) is 15.0 Å². The molecule has 0 aliphatic rings. The third-order valence-electron chi connectivity index (χ3n) is 3.38. The van der Waals surface area contributed by atoms with Gasteiger partial charge < -0.3 is 11.1 Å². The van der Waals surface area contributed by atoms with Crippen molar-refractivity contribution in [3.05, 3.63) is 35.9 Å². The lowest BCUT2D eigenvalue weighted by Gasteiger charge is -2.11. The molecule has 2 heterocycles. The predicted octanol–water partition coefficient (Wildman–Crippen LogP) is 1.42. The molecule has 0 atom stereocenters. The Hall–Kier alpha value is -2.63. The molecule has 0 bridgehead atoms. The Labute approximate surface area is 124 Å². The van der Waals surface area contributed by atoms with E-state index in [0.717, 1.165) is 22.2 Å². The Kier molecular flexibility index (Phi) is 3.21. The number of benzene rings is 1. The lowest BCUT2D eigenvalue weighted by atomic mass is 9.86. The molecule has 0 amide bonds. The molecule has 0 aliphatic carbocycles. The Morgan fingerprint density at radius 1 is 1.10 bits per heavy atom. The van der Waals surface area contributed by atoms with Crippen LogP contribution in [-0.4, -0.2) is 29.8 Å². The van der Waals surface area contributed by atoms with Gasteiger partial charge in [-0.15, -0.1) is 0 Å². The van der Waals surface area contributed by atoms with Gasteiger partial charge in [-0.1, -0.05) is 23.7 Å². The number of nitrogens with one attached hydrogen (secondary N) is 1. The number of aromatic nitrogens is 3. The molecule has 2 aromatic heterocycles. The third-order valence-corrected chi connectivity index (χ3v) is 3.38. The van der Waals surface area contributed by atoms with E-state index in [2.05, 4.69) is 20.3 Å². The van der Waals surface area contributed by atoms with Crippen molar-refractivity contribution in [1.29, 1.82) is 0 Å². The number of aryl methyl sites for hydroxylation is 1. The number of anilines is 2. The van der Waals surface area contributed by atoms with E-state index in [0.29, 0.717) is 16.9 Å². The van der Waals surface area contributed by atoms with Crippen molar-refractivity contribution in [2.45, 2.75) is 6.92 Å². The maximum Gasteiger partial charge on any atom is 0.224 e. The van der Waals surface area contributed by atoms with E-state index in [-0.39, 0.29) is 5.95 Å². The second-order valence-corrected chi connectivity index (χ2v) is 4.79. The van der Waals surface area contributed by atoms with Crippen LogP contribution in [0.3, 0.4) is 0 Å². The molecule has 0 fully saturated rings. The number of hydrogen-bond acceptors (Lipinski definition) is 5. The first kappa shape index (κ1) is 13.4. The summed E-state index contributed by atoms with van der Waals surface area (Å²) in [5.74, 6) is 0.851. The van der Waals surface area contributed by atoms with Crippen molar-refractivity contribution in [2.24, 2.45) is 0 Å². The zero-order valence-electron chi connectivity index (χ0n) is 11.9. The Balaban J connectivity index is 2.27. The highest BCUT2D eigenvalue weighted by Crippen LogP contribution is 2.25. The van der Waals surface area contributed by atoms with Crippen LogP contribution in [-0.2, 0) is 0 Å². The molecule has 0 unspecified atom stereocenters. The maximum atomic E-state index is 6.07. The van der Waals surface area contributed by atoms with Gasteiger partial charge in [-0.3, -0.25) is 0 Å². The summed E-state index contributed by atoms with van der Waals surface area (Å²) in [6.07, 6.45) is 0. The molecule has 0 saturated heterocycles. The highest BCUT2D eigenvalue weighted by Gasteiger charge is 2.10. The average Bonchev–Trinajstić information content (AvgIpc) is 2.45. The van der Waals surface area contributed by atoms with Crippen molar-refractivity contribution >= 4 is 36.1 Å². The molecule has 21 heavy (non-hydrogen) atoms. The van der Waals surface area contributed by atoms with Gasteiger partial charge in [0.15, 0.2) is 5.65 Å². The standard InChI is InChI=1S/C15H14BN5/c1-8-4-3-5-10(16)12(8)11-7-6-9-13(18-2)20-15(17)21-14(9)19-11/h3-7H,1-2H3,(H3,17,18,19,20,21). The van der Waals surface area contributed by atoms with Crippen LogP contribution < -0.4 is 16.5 Å². The van der Waals surface area contributed by atoms with Gasteiger partial charge in [0.25, 0.3) is 0 Å². The summed E-state index contributed by atoms with van der Waals surface area (Å²) < 4.78 is 0. The molecule has 3 N–H and O–H groups in total. The minimum atomic E-state index is 0.189. The van der Waals surface area contributed by atoms with E-state index in [9.17, 15) is 0 Å². The van der Waals surface area contributed by atoms with Gasteiger partial charge in [-0.25, -0.2) is 4.98 Å². The van der Waals surface area contributed by atoms with Crippen molar-refractivity contribution < 1.29 is 0 Å². The van der Waals surface area contributed by atoms with Crippen LogP contribution >= 0.6 is 0 Å².